The zero-order valence-electron chi connectivity index (χ0n) is 15.7. The molecule has 0 bridgehead atoms. The van der Waals surface area contributed by atoms with Gasteiger partial charge in [-0.1, -0.05) is 23.8 Å². The van der Waals surface area contributed by atoms with Gasteiger partial charge in [0.15, 0.2) is 6.61 Å². The van der Waals surface area contributed by atoms with Gasteiger partial charge >= 0.3 is 5.97 Å². The summed E-state index contributed by atoms with van der Waals surface area (Å²) in [4.78, 5) is 39.7. The second kappa shape index (κ2) is 11.1. The van der Waals surface area contributed by atoms with E-state index >= 15 is 0 Å². The summed E-state index contributed by atoms with van der Waals surface area (Å²) < 4.78 is 10.0. The largest absolute Gasteiger partial charge is 0.452 e. The molecule has 2 aromatic rings. The summed E-state index contributed by atoms with van der Waals surface area (Å²) in [7, 11) is 0. The normalized spacial score (nSPS) is 10.4. The Morgan fingerprint density at radius 3 is 2.79 bits per heavy atom. The fourth-order valence-electron chi connectivity index (χ4n) is 2.06. The van der Waals surface area contributed by atoms with Crippen LogP contribution in [0.2, 0.25) is 0 Å². The number of nitrogens with one attached hydrogen (secondary N) is 2. The molecule has 2 rings (SSSR count). The van der Waals surface area contributed by atoms with Crippen LogP contribution in [0.1, 0.15) is 35.2 Å². The Hall–Kier alpha value is -2.88. The lowest BCUT2D eigenvalue weighted by Gasteiger charge is -2.09. The number of ether oxygens (including phenoxy) is 1. The summed E-state index contributed by atoms with van der Waals surface area (Å²) in [5, 5.41) is 9.38. The number of carbonyl (C=O) groups is 3. The molecule has 0 fully saturated rings. The Kier molecular flexibility index (Phi) is 8.47. The lowest BCUT2D eigenvalue weighted by molar-refractivity contribution is -0.127. The quantitative estimate of drug-likeness (QED) is 0.449. The van der Waals surface area contributed by atoms with Gasteiger partial charge in [-0.05, 0) is 25.5 Å². The number of esters is 1. The van der Waals surface area contributed by atoms with E-state index < -0.39 is 18.5 Å². The molecule has 0 aliphatic heterocycles. The van der Waals surface area contributed by atoms with Crippen LogP contribution in [0.15, 0.2) is 33.9 Å². The summed E-state index contributed by atoms with van der Waals surface area (Å²) in [6, 6.07) is 4.98. The minimum atomic E-state index is -0.669. The van der Waals surface area contributed by atoms with Gasteiger partial charge in [0.1, 0.15) is 10.8 Å². The minimum absolute atomic E-state index is 0.165. The summed E-state index contributed by atoms with van der Waals surface area (Å²) in [5.74, 6) is -0.350. The SMILES string of the molecule is CCCNC(=O)CNC(=O)COC(=O)c1cccnc1SCc1cc(C)on1. The first-order valence-electron chi connectivity index (χ1n) is 8.70. The molecule has 0 radical (unpaired) electrons. The number of aromatic nitrogens is 2. The molecule has 28 heavy (non-hydrogen) atoms. The number of hydrogen-bond acceptors (Lipinski definition) is 8. The van der Waals surface area contributed by atoms with Crippen LogP contribution in [0, 0.1) is 6.92 Å². The standard InChI is InChI=1S/C18H22N4O5S/c1-3-6-19-15(23)9-21-16(24)10-26-18(25)14-5-4-7-20-17(14)28-11-13-8-12(2)27-22-13/h4-5,7-8H,3,6,9-11H2,1-2H3,(H,19,23)(H,21,24). The van der Waals surface area contributed by atoms with E-state index in [9.17, 15) is 14.4 Å². The molecule has 0 aliphatic rings. The zero-order valence-corrected chi connectivity index (χ0v) is 16.5. The number of nitrogens with zero attached hydrogens (tertiary/aromatic N) is 2. The maximum Gasteiger partial charge on any atom is 0.341 e. The van der Waals surface area contributed by atoms with Crippen LogP contribution in [-0.2, 0) is 20.1 Å². The molecule has 2 aromatic heterocycles. The molecule has 0 saturated heterocycles. The van der Waals surface area contributed by atoms with Crippen molar-refractivity contribution in [2.45, 2.75) is 31.0 Å². The Labute approximate surface area is 166 Å². The summed E-state index contributed by atoms with van der Waals surface area (Å²) in [6.07, 6.45) is 2.37. The third-order valence-electron chi connectivity index (χ3n) is 3.38. The van der Waals surface area contributed by atoms with Crippen molar-refractivity contribution in [1.82, 2.24) is 20.8 Å². The van der Waals surface area contributed by atoms with Gasteiger partial charge in [0.2, 0.25) is 5.91 Å². The third kappa shape index (κ3) is 7.03. The maximum atomic E-state index is 12.3. The van der Waals surface area contributed by atoms with Gasteiger partial charge in [0.25, 0.3) is 5.91 Å². The molecule has 0 unspecified atom stereocenters. The number of rotatable bonds is 10. The topological polar surface area (TPSA) is 123 Å². The van der Waals surface area contributed by atoms with Gasteiger partial charge in [0.05, 0.1) is 17.8 Å². The van der Waals surface area contributed by atoms with Crippen LogP contribution < -0.4 is 10.6 Å². The highest BCUT2D eigenvalue weighted by Gasteiger charge is 2.16. The molecule has 0 aliphatic carbocycles. The van der Waals surface area contributed by atoms with Crippen molar-refractivity contribution in [2.24, 2.45) is 0 Å². The van der Waals surface area contributed by atoms with Gasteiger partial charge in [0, 0.05) is 24.6 Å². The fraction of sp³-hybridized carbons (Fsp3) is 0.389. The molecule has 0 atom stereocenters. The minimum Gasteiger partial charge on any atom is -0.452 e. The highest BCUT2D eigenvalue weighted by atomic mass is 32.2. The lowest BCUT2D eigenvalue weighted by atomic mass is 10.3. The molecule has 150 valence electrons. The van der Waals surface area contributed by atoms with Gasteiger partial charge in [-0.3, -0.25) is 9.59 Å². The van der Waals surface area contributed by atoms with Crippen LogP contribution in [0.4, 0.5) is 0 Å². The van der Waals surface area contributed by atoms with Gasteiger partial charge in [-0.15, -0.1) is 0 Å². The second-order valence-electron chi connectivity index (χ2n) is 5.78. The molecule has 2 N–H and O–H groups in total. The van der Waals surface area contributed by atoms with Crippen molar-refractivity contribution < 1.29 is 23.6 Å². The highest BCUT2D eigenvalue weighted by molar-refractivity contribution is 7.98. The molecule has 0 spiro atoms. The van der Waals surface area contributed by atoms with Crippen LogP contribution >= 0.6 is 11.8 Å². The first-order valence-corrected chi connectivity index (χ1v) is 9.68. The van der Waals surface area contributed by atoms with E-state index in [-0.39, 0.29) is 18.0 Å². The monoisotopic (exact) mass is 406 g/mol. The number of hydrogen-bond donors (Lipinski definition) is 2. The van der Waals surface area contributed by atoms with Crippen molar-refractivity contribution in [3.8, 4) is 0 Å². The fourth-order valence-corrected chi connectivity index (χ4v) is 2.92. The molecular formula is C18H22N4O5S. The average molecular weight is 406 g/mol. The number of amides is 2. The Morgan fingerprint density at radius 1 is 1.25 bits per heavy atom. The number of thioether (sulfide) groups is 1. The van der Waals surface area contributed by atoms with E-state index in [0.29, 0.717) is 23.1 Å². The predicted octanol–water partition coefficient (Wildman–Crippen LogP) is 1.47. The molecular weight excluding hydrogens is 384 g/mol. The smallest absolute Gasteiger partial charge is 0.341 e. The first-order chi connectivity index (χ1) is 13.5. The van der Waals surface area contributed by atoms with Crippen molar-refractivity contribution >= 4 is 29.5 Å². The van der Waals surface area contributed by atoms with E-state index in [1.807, 2.05) is 6.92 Å². The van der Waals surface area contributed by atoms with Gasteiger partial charge < -0.3 is 19.9 Å². The molecule has 0 saturated carbocycles. The highest BCUT2D eigenvalue weighted by Crippen LogP contribution is 2.24. The number of carbonyl (C=O) groups excluding carboxylic acids is 3. The Balaban J connectivity index is 1.83. The third-order valence-corrected chi connectivity index (χ3v) is 4.42. The maximum absolute atomic E-state index is 12.3. The summed E-state index contributed by atoms with van der Waals surface area (Å²) in [5.41, 5.74) is 0.981. The first kappa shape index (κ1) is 21.4. The molecule has 10 heteroatoms. The summed E-state index contributed by atoms with van der Waals surface area (Å²) in [6.45, 7) is 3.61. The molecule has 2 heterocycles. The molecule has 9 nitrogen and oxygen atoms in total. The Bertz CT molecular complexity index is 824. The predicted molar refractivity (Wildman–Crippen MR) is 102 cm³/mol. The second-order valence-corrected chi connectivity index (χ2v) is 6.74. The zero-order chi connectivity index (χ0) is 20.4. The van der Waals surface area contributed by atoms with Gasteiger partial charge in [-0.25, -0.2) is 9.78 Å². The van der Waals surface area contributed by atoms with Crippen molar-refractivity contribution in [1.29, 1.82) is 0 Å². The van der Waals surface area contributed by atoms with Gasteiger partial charge in [-0.2, -0.15) is 0 Å². The Morgan fingerprint density at radius 2 is 2.07 bits per heavy atom. The van der Waals surface area contributed by atoms with Crippen LogP contribution in [0.25, 0.3) is 0 Å². The van der Waals surface area contributed by atoms with E-state index in [4.69, 9.17) is 9.26 Å². The van der Waals surface area contributed by atoms with Crippen molar-refractivity contribution in [2.75, 3.05) is 19.7 Å². The van der Waals surface area contributed by atoms with E-state index in [1.165, 1.54) is 11.8 Å². The van der Waals surface area contributed by atoms with E-state index in [2.05, 4.69) is 20.8 Å². The average Bonchev–Trinajstić information content (AvgIpc) is 3.12. The van der Waals surface area contributed by atoms with E-state index in [1.54, 1.807) is 31.3 Å². The van der Waals surface area contributed by atoms with Crippen LogP contribution in [0.5, 0.6) is 0 Å². The van der Waals surface area contributed by atoms with Crippen molar-refractivity contribution in [3.05, 3.63) is 41.4 Å². The lowest BCUT2D eigenvalue weighted by Crippen LogP contribution is -2.38. The molecule has 0 aromatic carbocycles. The van der Waals surface area contributed by atoms with Crippen LogP contribution in [-0.4, -0.2) is 47.6 Å². The molecule has 2 amide bonds. The van der Waals surface area contributed by atoms with Crippen molar-refractivity contribution in [3.63, 3.8) is 0 Å². The van der Waals surface area contributed by atoms with E-state index in [0.717, 1.165) is 12.1 Å². The summed E-state index contributed by atoms with van der Waals surface area (Å²) >= 11 is 1.31. The number of pyridine rings is 1. The van der Waals surface area contributed by atoms with Crippen LogP contribution in [0.3, 0.4) is 0 Å². The number of aryl methyl sites for hydroxylation is 1.